The number of hydrogen-bond acceptors (Lipinski definition) is 2. The fourth-order valence-electron chi connectivity index (χ4n) is 1.57. The van der Waals surface area contributed by atoms with Crippen LogP contribution >= 0.6 is 0 Å². The van der Waals surface area contributed by atoms with Gasteiger partial charge in [0.2, 0.25) is 12.3 Å². The molecule has 0 saturated heterocycles. The van der Waals surface area contributed by atoms with E-state index in [4.69, 9.17) is 4.74 Å². The van der Waals surface area contributed by atoms with Crippen molar-refractivity contribution in [2.45, 2.75) is 6.54 Å². The largest absolute Gasteiger partial charge is 1.00 e. The quantitative estimate of drug-likeness (QED) is 0.395. The predicted molar refractivity (Wildman–Crippen MR) is 64.0 cm³/mol. The average Bonchev–Trinajstić information content (AvgIpc) is 2.40. The number of benzene rings is 1. The molecular formula is C14H14INO2. The van der Waals surface area contributed by atoms with Crippen LogP contribution in [-0.4, -0.2) is 12.9 Å². The Labute approximate surface area is 123 Å². The molecule has 0 radical (unpaired) electrons. The van der Waals surface area contributed by atoms with Crippen LogP contribution in [0.1, 0.15) is 10.4 Å². The summed E-state index contributed by atoms with van der Waals surface area (Å²) < 4.78 is 6.90. The highest BCUT2D eigenvalue weighted by Crippen LogP contribution is 2.11. The van der Waals surface area contributed by atoms with Crippen LogP contribution in [0.5, 0.6) is 5.75 Å². The van der Waals surface area contributed by atoms with Gasteiger partial charge in [0.15, 0.2) is 12.4 Å². The van der Waals surface area contributed by atoms with E-state index >= 15 is 0 Å². The monoisotopic (exact) mass is 355 g/mol. The number of methoxy groups -OCH3 is 1. The minimum absolute atomic E-state index is 0. The van der Waals surface area contributed by atoms with Gasteiger partial charge >= 0.3 is 0 Å². The van der Waals surface area contributed by atoms with Gasteiger partial charge in [-0.1, -0.05) is 6.07 Å². The first-order valence-electron chi connectivity index (χ1n) is 5.41. The van der Waals surface area contributed by atoms with Gasteiger partial charge in [-0.05, 0) is 24.3 Å². The Bertz CT molecular complexity index is 497. The van der Waals surface area contributed by atoms with Gasteiger partial charge in [-0.3, -0.25) is 4.79 Å². The normalized spacial score (nSPS) is 9.39. The van der Waals surface area contributed by atoms with E-state index in [2.05, 4.69) is 0 Å². The Morgan fingerprint density at radius 3 is 2.28 bits per heavy atom. The summed E-state index contributed by atoms with van der Waals surface area (Å²) in [4.78, 5) is 12.0. The van der Waals surface area contributed by atoms with Gasteiger partial charge < -0.3 is 28.7 Å². The number of aromatic nitrogens is 1. The predicted octanol–water partition coefficient (Wildman–Crippen LogP) is -1.13. The van der Waals surface area contributed by atoms with Crippen molar-refractivity contribution in [3.8, 4) is 5.75 Å². The third kappa shape index (κ3) is 3.80. The second-order valence-corrected chi connectivity index (χ2v) is 3.70. The minimum Gasteiger partial charge on any atom is -1.00 e. The third-order valence-corrected chi connectivity index (χ3v) is 2.52. The summed E-state index contributed by atoms with van der Waals surface area (Å²) in [6, 6.07) is 12.9. The third-order valence-electron chi connectivity index (χ3n) is 2.52. The number of carbonyl (C=O) groups is 1. The molecule has 1 aromatic carbocycles. The molecule has 0 amide bonds. The highest BCUT2D eigenvalue weighted by Gasteiger charge is 2.11. The number of ether oxygens (including phenoxy) is 1. The summed E-state index contributed by atoms with van der Waals surface area (Å²) in [5, 5.41) is 0. The smallest absolute Gasteiger partial charge is 0.227 e. The highest BCUT2D eigenvalue weighted by molar-refractivity contribution is 5.95. The summed E-state index contributed by atoms with van der Waals surface area (Å²) in [5.41, 5.74) is 0.696. The van der Waals surface area contributed by atoms with Crippen molar-refractivity contribution in [3.63, 3.8) is 0 Å². The molecule has 18 heavy (non-hydrogen) atoms. The van der Waals surface area contributed by atoms with E-state index in [1.807, 2.05) is 35.2 Å². The van der Waals surface area contributed by atoms with Crippen molar-refractivity contribution >= 4 is 5.78 Å². The summed E-state index contributed by atoms with van der Waals surface area (Å²) in [5.74, 6) is 0.845. The SMILES string of the molecule is COc1ccc(C(=O)C[n+]2ccccc2)cc1.[I-]. The molecule has 0 spiro atoms. The molecule has 0 unspecified atom stereocenters. The van der Waals surface area contributed by atoms with Crippen LogP contribution < -0.4 is 33.3 Å². The molecule has 94 valence electrons. The van der Waals surface area contributed by atoms with Crippen LogP contribution in [0.3, 0.4) is 0 Å². The van der Waals surface area contributed by atoms with E-state index in [-0.39, 0.29) is 29.8 Å². The Kier molecular flexibility index (Phi) is 5.77. The second kappa shape index (κ2) is 7.10. The van der Waals surface area contributed by atoms with Crippen molar-refractivity contribution in [1.82, 2.24) is 0 Å². The standard InChI is InChI=1S/C14H14NO2.HI/c1-17-13-7-5-12(6-8-13)14(16)11-15-9-3-2-4-10-15;/h2-10H,11H2,1H3;1H/q+1;/p-1. The van der Waals surface area contributed by atoms with Crippen LogP contribution in [0, 0.1) is 0 Å². The molecule has 1 heterocycles. The maximum absolute atomic E-state index is 12.0. The number of carbonyl (C=O) groups excluding carboxylic acids is 1. The Morgan fingerprint density at radius 2 is 1.72 bits per heavy atom. The lowest BCUT2D eigenvalue weighted by Gasteiger charge is -2.01. The summed E-state index contributed by atoms with van der Waals surface area (Å²) in [6.07, 6.45) is 3.75. The Balaban J connectivity index is 0.00000162. The number of ketones is 1. The number of nitrogens with zero attached hydrogens (tertiary/aromatic N) is 1. The maximum Gasteiger partial charge on any atom is 0.227 e. The zero-order valence-corrected chi connectivity index (χ0v) is 12.2. The van der Waals surface area contributed by atoms with E-state index in [0.717, 1.165) is 5.75 Å². The van der Waals surface area contributed by atoms with Crippen LogP contribution in [0.2, 0.25) is 0 Å². The van der Waals surface area contributed by atoms with E-state index in [9.17, 15) is 4.79 Å². The van der Waals surface area contributed by atoms with Gasteiger partial charge in [0, 0.05) is 17.7 Å². The van der Waals surface area contributed by atoms with Crippen molar-refractivity contribution in [3.05, 3.63) is 60.4 Å². The van der Waals surface area contributed by atoms with Crippen molar-refractivity contribution in [2.75, 3.05) is 7.11 Å². The zero-order chi connectivity index (χ0) is 12.1. The molecule has 0 aliphatic rings. The molecule has 2 aromatic rings. The number of rotatable bonds is 4. The molecule has 0 bridgehead atoms. The lowest BCUT2D eigenvalue weighted by molar-refractivity contribution is -0.683. The zero-order valence-electron chi connectivity index (χ0n) is 10.0. The Hall–Kier alpha value is -1.43. The molecule has 0 aliphatic heterocycles. The number of Topliss-reactive ketones (excluding diaryl/α,β-unsaturated/α-hetero) is 1. The topological polar surface area (TPSA) is 30.2 Å². The minimum atomic E-state index is 0. The molecule has 0 aliphatic carbocycles. The van der Waals surface area contributed by atoms with Crippen LogP contribution in [0.25, 0.3) is 0 Å². The highest BCUT2D eigenvalue weighted by atomic mass is 127. The number of hydrogen-bond donors (Lipinski definition) is 0. The van der Waals surface area contributed by atoms with Crippen molar-refractivity contribution < 1.29 is 38.1 Å². The first-order chi connectivity index (χ1) is 8.29. The van der Waals surface area contributed by atoms with Crippen molar-refractivity contribution in [2.24, 2.45) is 0 Å². The fraction of sp³-hybridized carbons (Fsp3) is 0.143. The maximum atomic E-state index is 12.0. The van der Waals surface area contributed by atoms with E-state index in [1.165, 1.54) is 0 Å². The lowest BCUT2D eigenvalue weighted by Crippen LogP contribution is -3.00. The number of halogens is 1. The van der Waals surface area contributed by atoms with Gasteiger partial charge in [-0.2, -0.15) is 4.57 Å². The van der Waals surface area contributed by atoms with Crippen LogP contribution in [0.4, 0.5) is 0 Å². The van der Waals surface area contributed by atoms with Gasteiger partial charge in [0.1, 0.15) is 5.75 Å². The summed E-state index contributed by atoms with van der Waals surface area (Å²) in [7, 11) is 1.61. The first-order valence-corrected chi connectivity index (χ1v) is 5.41. The molecule has 0 atom stereocenters. The molecule has 0 saturated carbocycles. The molecule has 2 rings (SSSR count). The second-order valence-electron chi connectivity index (χ2n) is 3.70. The van der Waals surface area contributed by atoms with E-state index in [0.29, 0.717) is 12.1 Å². The van der Waals surface area contributed by atoms with E-state index < -0.39 is 0 Å². The lowest BCUT2D eigenvalue weighted by atomic mass is 10.1. The first kappa shape index (κ1) is 14.6. The molecule has 4 heteroatoms. The molecule has 0 fully saturated rings. The van der Waals surface area contributed by atoms with Gasteiger partial charge in [0.25, 0.3) is 0 Å². The van der Waals surface area contributed by atoms with Gasteiger partial charge in [-0.15, -0.1) is 0 Å². The van der Waals surface area contributed by atoms with E-state index in [1.54, 1.807) is 31.4 Å². The van der Waals surface area contributed by atoms with Crippen LogP contribution in [-0.2, 0) is 6.54 Å². The Morgan fingerprint density at radius 1 is 1.11 bits per heavy atom. The molecule has 3 nitrogen and oxygen atoms in total. The van der Waals surface area contributed by atoms with Crippen LogP contribution in [0.15, 0.2) is 54.9 Å². The summed E-state index contributed by atoms with van der Waals surface area (Å²) in [6.45, 7) is 0.354. The fourth-order valence-corrected chi connectivity index (χ4v) is 1.57. The average molecular weight is 355 g/mol. The summed E-state index contributed by atoms with van der Waals surface area (Å²) >= 11 is 0. The molecule has 0 N–H and O–H groups in total. The number of pyridine rings is 1. The van der Waals surface area contributed by atoms with Crippen molar-refractivity contribution in [1.29, 1.82) is 0 Å². The van der Waals surface area contributed by atoms with Gasteiger partial charge in [-0.25, -0.2) is 0 Å². The molecule has 1 aromatic heterocycles. The van der Waals surface area contributed by atoms with Gasteiger partial charge in [0.05, 0.1) is 7.11 Å². The molecular weight excluding hydrogens is 341 g/mol.